The van der Waals surface area contributed by atoms with Crippen LogP contribution in [0.5, 0.6) is 0 Å². The molecule has 0 saturated carbocycles. The minimum atomic E-state index is -4.42. The van der Waals surface area contributed by atoms with Crippen molar-refractivity contribution in [3.8, 4) is 0 Å². The summed E-state index contributed by atoms with van der Waals surface area (Å²) in [6.07, 6.45) is -1.65. The molecular formula is C31H34F3N5O4S2. The third-order valence-electron chi connectivity index (χ3n) is 8.11. The summed E-state index contributed by atoms with van der Waals surface area (Å²) in [6, 6.07) is 11.3. The Bertz CT molecular complexity index is 1640. The number of carbonyl (C=O) groups is 2. The van der Waals surface area contributed by atoms with E-state index in [0.29, 0.717) is 69.2 Å². The molecule has 2 aromatic carbocycles. The summed E-state index contributed by atoms with van der Waals surface area (Å²) >= 11 is 1.41. The summed E-state index contributed by atoms with van der Waals surface area (Å²) in [6.45, 7) is 7.74. The zero-order chi connectivity index (χ0) is 32.4. The van der Waals surface area contributed by atoms with E-state index >= 15 is 0 Å². The largest absolute Gasteiger partial charge is 0.416 e. The van der Waals surface area contributed by atoms with Crippen LogP contribution in [0.2, 0.25) is 0 Å². The van der Waals surface area contributed by atoms with Crippen molar-refractivity contribution in [2.75, 3.05) is 49.5 Å². The lowest BCUT2D eigenvalue weighted by molar-refractivity contribution is -0.137. The van der Waals surface area contributed by atoms with Crippen molar-refractivity contribution in [2.45, 2.75) is 42.1 Å². The number of amides is 2. The normalized spacial score (nSPS) is 17.6. The van der Waals surface area contributed by atoms with Crippen LogP contribution < -0.4 is 10.2 Å². The summed E-state index contributed by atoms with van der Waals surface area (Å²) in [5.74, 6) is -0.374. The lowest BCUT2D eigenvalue weighted by atomic mass is 9.97. The second-order valence-corrected chi connectivity index (χ2v) is 14.0. The molecule has 0 aliphatic carbocycles. The van der Waals surface area contributed by atoms with Gasteiger partial charge < -0.3 is 15.1 Å². The number of piperazine rings is 1. The highest BCUT2D eigenvalue weighted by molar-refractivity contribution is 7.92. The topological polar surface area (TPSA) is 103 Å². The maximum Gasteiger partial charge on any atom is 0.416 e. The average molecular weight is 662 g/mol. The van der Waals surface area contributed by atoms with E-state index in [4.69, 9.17) is 0 Å². The van der Waals surface area contributed by atoms with Gasteiger partial charge in [-0.3, -0.25) is 14.5 Å². The van der Waals surface area contributed by atoms with E-state index in [1.54, 1.807) is 28.5 Å². The fourth-order valence-corrected chi connectivity index (χ4v) is 8.34. The molecule has 1 aromatic heterocycles. The molecule has 0 bridgehead atoms. The van der Waals surface area contributed by atoms with Crippen molar-refractivity contribution in [1.82, 2.24) is 14.8 Å². The maximum atomic E-state index is 13.4. The molecule has 1 N–H and O–H groups in total. The van der Waals surface area contributed by atoms with E-state index in [0.717, 1.165) is 17.1 Å². The monoisotopic (exact) mass is 661 g/mol. The number of halogens is 3. The minimum absolute atomic E-state index is 0.0793. The van der Waals surface area contributed by atoms with Crippen LogP contribution >= 0.6 is 11.3 Å². The number of thiazole rings is 1. The van der Waals surface area contributed by atoms with Gasteiger partial charge in [-0.25, -0.2) is 13.4 Å². The second-order valence-electron chi connectivity index (χ2n) is 11.1. The van der Waals surface area contributed by atoms with Crippen LogP contribution in [0, 0.1) is 0 Å². The van der Waals surface area contributed by atoms with Gasteiger partial charge in [0.25, 0.3) is 5.91 Å². The van der Waals surface area contributed by atoms with Crippen molar-refractivity contribution in [3.63, 3.8) is 0 Å². The predicted molar refractivity (Wildman–Crippen MR) is 167 cm³/mol. The average Bonchev–Trinajstić information content (AvgIpc) is 3.51. The second kappa shape index (κ2) is 13.3. The molecule has 14 heteroatoms. The number of hydrogen-bond donors (Lipinski definition) is 1. The van der Waals surface area contributed by atoms with Crippen molar-refractivity contribution >= 4 is 44.4 Å². The van der Waals surface area contributed by atoms with E-state index in [1.165, 1.54) is 42.5 Å². The van der Waals surface area contributed by atoms with E-state index in [-0.39, 0.29) is 22.6 Å². The molecule has 2 fully saturated rings. The fourth-order valence-electron chi connectivity index (χ4n) is 5.73. The summed E-state index contributed by atoms with van der Waals surface area (Å²) in [5.41, 5.74) is 0.636. The molecule has 2 amide bonds. The van der Waals surface area contributed by atoms with Gasteiger partial charge in [0.2, 0.25) is 5.91 Å². The molecule has 1 unspecified atom stereocenters. The molecule has 5 rings (SSSR count). The highest BCUT2D eigenvalue weighted by atomic mass is 32.2. The van der Waals surface area contributed by atoms with Crippen molar-refractivity contribution in [2.24, 2.45) is 0 Å². The SMILES string of the molecule is C=CC(N1CCC(c2nc(C(=O)N3CCN(c4cccc(C(F)(F)F)c4)CC3)cs2)CC1)S(=O)(=O)c1ccc(NC(C)=O)cc1. The zero-order valence-corrected chi connectivity index (χ0v) is 26.3. The number of aromatic nitrogens is 1. The van der Waals surface area contributed by atoms with Crippen LogP contribution in [0.1, 0.15) is 46.7 Å². The van der Waals surface area contributed by atoms with E-state index < -0.39 is 27.0 Å². The van der Waals surface area contributed by atoms with E-state index in [1.807, 2.05) is 9.80 Å². The molecule has 2 aliphatic rings. The highest BCUT2D eigenvalue weighted by Crippen LogP contribution is 2.34. The number of benzene rings is 2. The number of piperidine rings is 1. The minimum Gasteiger partial charge on any atom is -0.368 e. The summed E-state index contributed by atoms with van der Waals surface area (Å²) in [5, 5.41) is 4.28. The van der Waals surface area contributed by atoms with Gasteiger partial charge in [-0.15, -0.1) is 17.9 Å². The van der Waals surface area contributed by atoms with Gasteiger partial charge in [-0.05, 0) is 55.3 Å². The first-order valence-electron chi connectivity index (χ1n) is 14.5. The van der Waals surface area contributed by atoms with Crippen LogP contribution in [0.3, 0.4) is 0 Å². The molecule has 9 nitrogen and oxygen atoms in total. The van der Waals surface area contributed by atoms with Gasteiger partial charge in [0.05, 0.1) is 15.5 Å². The first-order valence-corrected chi connectivity index (χ1v) is 16.9. The Morgan fingerprint density at radius 1 is 1.04 bits per heavy atom. The van der Waals surface area contributed by atoms with E-state index in [9.17, 15) is 31.2 Å². The number of alkyl halides is 3. The Morgan fingerprint density at radius 2 is 1.71 bits per heavy atom. The van der Waals surface area contributed by atoms with Crippen LogP contribution in [0.15, 0.2) is 71.5 Å². The van der Waals surface area contributed by atoms with Crippen LogP contribution in [0.25, 0.3) is 0 Å². The molecule has 0 radical (unpaired) electrons. The Balaban J connectivity index is 1.16. The fraction of sp³-hybridized carbons (Fsp3) is 0.387. The van der Waals surface area contributed by atoms with Crippen LogP contribution in [0.4, 0.5) is 24.5 Å². The Hall–Kier alpha value is -3.75. The standard InChI is InChI=1S/C31H34F3N5O4S2/c1-3-28(45(42,43)26-9-7-24(8-10-26)35-21(2)40)38-13-11-22(12-14-38)29-36-27(20-44-29)30(41)39-17-15-37(16-18-39)25-6-4-5-23(19-25)31(32,33)34/h3-10,19-20,22,28H,1,11-18H2,2H3,(H,35,40). The Labute approximate surface area is 264 Å². The number of anilines is 2. The smallest absolute Gasteiger partial charge is 0.368 e. The maximum absolute atomic E-state index is 13.4. The number of nitrogens with zero attached hydrogens (tertiary/aromatic N) is 4. The summed E-state index contributed by atoms with van der Waals surface area (Å²) in [7, 11) is -3.75. The number of likely N-dealkylation sites (tertiary alicyclic amines) is 1. The van der Waals surface area contributed by atoms with Gasteiger partial charge in [0.15, 0.2) is 9.84 Å². The molecule has 2 saturated heterocycles. The molecule has 45 heavy (non-hydrogen) atoms. The molecular weight excluding hydrogens is 627 g/mol. The number of sulfone groups is 1. The molecule has 1 atom stereocenters. The predicted octanol–water partition coefficient (Wildman–Crippen LogP) is 5.25. The molecule has 3 aromatic rings. The lowest BCUT2D eigenvalue weighted by Gasteiger charge is -2.36. The van der Waals surface area contributed by atoms with Crippen molar-refractivity contribution in [3.05, 3.63) is 82.8 Å². The van der Waals surface area contributed by atoms with E-state index in [2.05, 4.69) is 16.9 Å². The van der Waals surface area contributed by atoms with Gasteiger partial charge in [0.1, 0.15) is 11.1 Å². The van der Waals surface area contributed by atoms with Crippen LogP contribution in [-0.2, 0) is 20.8 Å². The zero-order valence-electron chi connectivity index (χ0n) is 24.7. The van der Waals surface area contributed by atoms with Gasteiger partial charge in [0, 0.05) is 68.9 Å². The Kier molecular flexibility index (Phi) is 9.65. The van der Waals surface area contributed by atoms with Gasteiger partial charge >= 0.3 is 6.18 Å². The lowest BCUT2D eigenvalue weighted by Crippen LogP contribution is -2.49. The highest BCUT2D eigenvalue weighted by Gasteiger charge is 2.35. The third kappa shape index (κ3) is 7.39. The number of hydrogen-bond acceptors (Lipinski definition) is 8. The Morgan fingerprint density at radius 3 is 2.31 bits per heavy atom. The number of nitrogens with one attached hydrogen (secondary N) is 1. The number of carbonyl (C=O) groups excluding carboxylic acids is 2. The molecule has 240 valence electrons. The first-order chi connectivity index (χ1) is 21.4. The van der Waals surface area contributed by atoms with Crippen LogP contribution in [-0.4, -0.2) is 79.7 Å². The molecule has 2 aliphatic heterocycles. The quantitative estimate of drug-likeness (QED) is 0.329. The summed E-state index contributed by atoms with van der Waals surface area (Å²) in [4.78, 5) is 34.7. The van der Waals surface area contributed by atoms with Gasteiger partial charge in [-0.1, -0.05) is 12.1 Å². The number of rotatable bonds is 8. The van der Waals surface area contributed by atoms with Crippen molar-refractivity contribution < 1.29 is 31.2 Å². The summed E-state index contributed by atoms with van der Waals surface area (Å²) < 4.78 is 66.3. The van der Waals surface area contributed by atoms with Gasteiger partial charge in [-0.2, -0.15) is 13.2 Å². The van der Waals surface area contributed by atoms with Crippen molar-refractivity contribution in [1.29, 1.82) is 0 Å². The third-order valence-corrected chi connectivity index (χ3v) is 11.2. The first kappa shape index (κ1) is 32.6. The molecule has 0 spiro atoms. The molecule has 3 heterocycles.